The lowest BCUT2D eigenvalue weighted by molar-refractivity contribution is -0.142. The van der Waals surface area contributed by atoms with Gasteiger partial charge in [0.1, 0.15) is 18.1 Å². The summed E-state index contributed by atoms with van der Waals surface area (Å²) in [5.74, 6) is -3.18. The number of carboxylic acids is 1. The minimum absolute atomic E-state index is 0.0444. The highest BCUT2D eigenvalue weighted by atomic mass is 16.4. The molecular weight excluding hydrogens is 488 g/mol. The molecule has 6 atom stereocenters. The highest BCUT2D eigenvalue weighted by Gasteiger charge is 2.33. The fourth-order valence-electron chi connectivity index (χ4n) is 3.87. The lowest BCUT2D eigenvalue weighted by Gasteiger charge is -2.28. The number of benzene rings is 1. The average Bonchev–Trinajstić information content (AvgIpc) is 3.43. The van der Waals surface area contributed by atoms with Gasteiger partial charge in [0.25, 0.3) is 0 Å². The maximum atomic E-state index is 13.4. The molecule has 0 fully saturated rings. The zero-order chi connectivity index (χ0) is 28.2. The van der Waals surface area contributed by atoms with E-state index in [0.717, 1.165) is 5.56 Å². The Kier molecular flexibility index (Phi) is 11.9. The molecule has 0 spiro atoms. The number of aromatic amines is 1. The molecule has 38 heavy (non-hydrogen) atoms. The molecule has 0 aliphatic rings. The van der Waals surface area contributed by atoms with Crippen LogP contribution >= 0.6 is 0 Å². The van der Waals surface area contributed by atoms with Crippen LogP contribution < -0.4 is 21.7 Å². The summed E-state index contributed by atoms with van der Waals surface area (Å²) in [6.45, 7) is 7.50. The molecule has 0 radical (unpaired) electrons. The monoisotopic (exact) mass is 528 g/mol. The van der Waals surface area contributed by atoms with Crippen molar-refractivity contribution in [1.29, 1.82) is 0 Å². The molecule has 0 bridgehead atoms. The Balaban J connectivity index is 2.23. The van der Waals surface area contributed by atoms with Crippen LogP contribution in [0.2, 0.25) is 0 Å². The number of H-pyrrole nitrogens is 1. The third kappa shape index (κ3) is 8.98. The predicted molar refractivity (Wildman–Crippen MR) is 143 cm³/mol. The molecule has 1 aromatic carbocycles. The first-order valence-corrected chi connectivity index (χ1v) is 13.0. The summed E-state index contributed by atoms with van der Waals surface area (Å²) in [7, 11) is 0. The van der Waals surface area contributed by atoms with E-state index in [1.165, 1.54) is 12.5 Å². The second-order valence-corrected chi connectivity index (χ2v) is 9.71. The first-order valence-electron chi connectivity index (χ1n) is 13.0. The SMILES string of the molecule is CCC(C)C(N)C(=O)NC(C(=O)NC(Cc1cnc[nH]1)C(=O)NC(Cc1ccccc1)C(=O)O)C(C)CC. The molecule has 6 unspecified atom stereocenters. The van der Waals surface area contributed by atoms with Gasteiger partial charge in [0, 0.05) is 24.7 Å². The van der Waals surface area contributed by atoms with E-state index in [-0.39, 0.29) is 24.7 Å². The number of nitrogens with two attached hydrogens (primary N) is 1. The number of aliphatic carboxylic acids is 1. The Bertz CT molecular complexity index is 1050. The fraction of sp³-hybridized carbons (Fsp3) is 0.519. The van der Waals surface area contributed by atoms with Crippen molar-refractivity contribution in [3.05, 3.63) is 54.1 Å². The van der Waals surface area contributed by atoms with Crippen molar-refractivity contribution in [2.75, 3.05) is 0 Å². The molecule has 3 amide bonds. The van der Waals surface area contributed by atoms with Crippen LogP contribution in [0.15, 0.2) is 42.9 Å². The van der Waals surface area contributed by atoms with Crippen LogP contribution in [-0.2, 0) is 32.0 Å². The average molecular weight is 529 g/mol. The Morgan fingerprint density at radius 2 is 1.53 bits per heavy atom. The maximum Gasteiger partial charge on any atom is 0.326 e. The van der Waals surface area contributed by atoms with Crippen molar-refractivity contribution >= 4 is 23.7 Å². The zero-order valence-electron chi connectivity index (χ0n) is 22.4. The number of carbonyl (C=O) groups excluding carboxylic acids is 3. The number of hydrogen-bond donors (Lipinski definition) is 6. The Labute approximate surface area is 223 Å². The molecule has 7 N–H and O–H groups in total. The van der Waals surface area contributed by atoms with E-state index < -0.39 is 47.9 Å². The minimum Gasteiger partial charge on any atom is -0.480 e. The van der Waals surface area contributed by atoms with E-state index in [9.17, 15) is 24.3 Å². The van der Waals surface area contributed by atoms with Crippen LogP contribution in [0, 0.1) is 11.8 Å². The fourth-order valence-corrected chi connectivity index (χ4v) is 3.87. The molecule has 11 nitrogen and oxygen atoms in total. The van der Waals surface area contributed by atoms with Gasteiger partial charge in [-0.15, -0.1) is 0 Å². The lowest BCUT2D eigenvalue weighted by atomic mass is 9.95. The number of amides is 3. The number of nitrogens with zero attached hydrogens (tertiary/aromatic N) is 1. The standard InChI is InChI=1S/C27H40N6O5/c1-5-16(3)22(28)25(35)33-23(17(4)6-2)26(36)31-20(13-19-14-29-15-30-19)24(34)32-21(27(37)38)12-18-10-8-7-9-11-18/h7-11,14-17,20-23H,5-6,12-13,28H2,1-4H3,(H,29,30)(H,31,36)(H,32,34)(H,33,35)(H,37,38). The molecule has 0 saturated heterocycles. The Morgan fingerprint density at radius 3 is 2.08 bits per heavy atom. The third-order valence-corrected chi connectivity index (χ3v) is 6.86. The van der Waals surface area contributed by atoms with Gasteiger partial charge in [-0.2, -0.15) is 0 Å². The summed E-state index contributed by atoms with van der Waals surface area (Å²) in [6.07, 6.45) is 4.38. The minimum atomic E-state index is -1.20. The van der Waals surface area contributed by atoms with Gasteiger partial charge in [-0.05, 0) is 17.4 Å². The van der Waals surface area contributed by atoms with Crippen molar-refractivity contribution in [3.63, 3.8) is 0 Å². The molecule has 2 aromatic rings. The van der Waals surface area contributed by atoms with Gasteiger partial charge in [0.15, 0.2) is 0 Å². The van der Waals surface area contributed by atoms with Gasteiger partial charge in [-0.1, -0.05) is 70.9 Å². The van der Waals surface area contributed by atoms with Gasteiger partial charge in [0.05, 0.1) is 12.4 Å². The molecule has 1 heterocycles. The predicted octanol–water partition coefficient (Wildman–Crippen LogP) is 1.15. The summed E-state index contributed by atoms with van der Waals surface area (Å²) < 4.78 is 0. The van der Waals surface area contributed by atoms with Crippen LogP contribution in [0.3, 0.4) is 0 Å². The first-order chi connectivity index (χ1) is 18.1. The molecular formula is C27H40N6O5. The van der Waals surface area contributed by atoms with E-state index in [1.54, 1.807) is 24.3 Å². The second kappa shape index (κ2) is 14.9. The van der Waals surface area contributed by atoms with Crippen LogP contribution in [0.25, 0.3) is 0 Å². The number of imidazole rings is 1. The maximum absolute atomic E-state index is 13.4. The first kappa shape index (κ1) is 30.5. The molecule has 0 saturated carbocycles. The van der Waals surface area contributed by atoms with E-state index in [2.05, 4.69) is 25.9 Å². The van der Waals surface area contributed by atoms with Gasteiger partial charge in [-0.25, -0.2) is 9.78 Å². The smallest absolute Gasteiger partial charge is 0.326 e. The second-order valence-electron chi connectivity index (χ2n) is 9.71. The van der Waals surface area contributed by atoms with Gasteiger partial charge in [-0.3, -0.25) is 14.4 Å². The van der Waals surface area contributed by atoms with E-state index >= 15 is 0 Å². The number of carboxylic acid groups (broad SMARTS) is 1. The van der Waals surface area contributed by atoms with Crippen molar-refractivity contribution in [2.24, 2.45) is 17.6 Å². The highest BCUT2D eigenvalue weighted by molar-refractivity contribution is 5.94. The number of carbonyl (C=O) groups is 4. The highest BCUT2D eigenvalue weighted by Crippen LogP contribution is 2.12. The third-order valence-electron chi connectivity index (χ3n) is 6.86. The normalized spacial score (nSPS) is 15.8. The molecule has 208 valence electrons. The summed E-state index contributed by atoms with van der Waals surface area (Å²) in [5, 5.41) is 17.8. The van der Waals surface area contributed by atoms with Gasteiger partial charge in [0.2, 0.25) is 17.7 Å². The number of hydrogen-bond acceptors (Lipinski definition) is 6. The van der Waals surface area contributed by atoms with Crippen molar-refractivity contribution in [1.82, 2.24) is 25.9 Å². The molecule has 11 heteroatoms. The van der Waals surface area contributed by atoms with Crippen molar-refractivity contribution in [3.8, 4) is 0 Å². The van der Waals surface area contributed by atoms with Crippen LogP contribution in [0.4, 0.5) is 0 Å². The number of rotatable bonds is 15. The Hall–Kier alpha value is -3.73. The molecule has 0 aliphatic heterocycles. The van der Waals surface area contributed by atoms with Crippen LogP contribution in [0.1, 0.15) is 51.8 Å². The van der Waals surface area contributed by atoms with E-state index in [4.69, 9.17) is 5.73 Å². The van der Waals surface area contributed by atoms with Crippen LogP contribution in [0.5, 0.6) is 0 Å². The lowest BCUT2D eigenvalue weighted by Crippen LogP contribution is -2.59. The topological polar surface area (TPSA) is 179 Å². The Morgan fingerprint density at radius 1 is 0.895 bits per heavy atom. The quantitative estimate of drug-likeness (QED) is 0.201. The van der Waals surface area contributed by atoms with E-state index in [1.807, 2.05) is 33.8 Å². The summed E-state index contributed by atoms with van der Waals surface area (Å²) >= 11 is 0. The summed E-state index contributed by atoms with van der Waals surface area (Å²) in [4.78, 5) is 58.3. The molecule has 0 aliphatic carbocycles. The number of aromatic nitrogens is 2. The van der Waals surface area contributed by atoms with Crippen LogP contribution in [-0.4, -0.2) is 62.9 Å². The molecule has 2 rings (SSSR count). The number of nitrogens with one attached hydrogen (secondary N) is 4. The van der Waals surface area contributed by atoms with Gasteiger partial charge < -0.3 is 31.8 Å². The van der Waals surface area contributed by atoms with Crippen molar-refractivity contribution < 1.29 is 24.3 Å². The summed E-state index contributed by atoms with van der Waals surface area (Å²) in [5.41, 5.74) is 7.39. The summed E-state index contributed by atoms with van der Waals surface area (Å²) in [6, 6.07) is 4.90. The van der Waals surface area contributed by atoms with E-state index in [0.29, 0.717) is 18.5 Å². The van der Waals surface area contributed by atoms with Gasteiger partial charge >= 0.3 is 5.97 Å². The largest absolute Gasteiger partial charge is 0.480 e. The zero-order valence-corrected chi connectivity index (χ0v) is 22.4. The van der Waals surface area contributed by atoms with Crippen molar-refractivity contribution in [2.45, 2.75) is 77.5 Å². The molecule has 1 aromatic heterocycles.